The lowest BCUT2D eigenvalue weighted by Crippen LogP contribution is -2.46. The van der Waals surface area contributed by atoms with Gasteiger partial charge in [0.2, 0.25) is 10.6 Å². The Kier molecular flexibility index (Phi) is 8.28. The van der Waals surface area contributed by atoms with Gasteiger partial charge in [-0.2, -0.15) is 15.1 Å². The second kappa shape index (κ2) is 11.2. The normalized spacial score (nSPS) is 28.6. The second-order valence-corrected chi connectivity index (χ2v) is 12.4. The maximum absolute atomic E-state index is 12.3. The highest BCUT2D eigenvalue weighted by atomic mass is 35.5. The SMILES string of the molecule is O=P(O)(O)[C@](CO)(COC1CCC1)OC[C@H]1O[C@@H](n2ncc3c(NC4CCCC4)nc(Cl)nc32)[C@H](O)[C@@H]1O. The first-order valence-corrected chi connectivity index (χ1v) is 14.7. The van der Waals surface area contributed by atoms with Crippen molar-refractivity contribution in [2.75, 3.05) is 25.1 Å². The third kappa shape index (κ3) is 5.44. The van der Waals surface area contributed by atoms with Crippen LogP contribution in [0.25, 0.3) is 11.0 Å². The molecule has 2 aromatic rings. The topological polar surface area (TPSA) is 202 Å². The molecule has 2 saturated carbocycles. The summed E-state index contributed by atoms with van der Waals surface area (Å²) in [4.78, 5) is 28.4. The van der Waals surface area contributed by atoms with Gasteiger partial charge in [-0.25, -0.2) is 4.68 Å². The molecule has 1 aliphatic heterocycles. The summed E-state index contributed by atoms with van der Waals surface area (Å²) in [6, 6.07) is 0.248. The molecule has 6 N–H and O–H groups in total. The van der Waals surface area contributed by atoms with Crippen LogP contribution in [-0.4, -0.2) is 100 Å². The van der Waals surface area contributed by atoms with Crippen molar-refractivity contribution in [1.29, 1.82) is 0 Å². The number of aliphatic hydroxyl groups excluding tert-OH is 3. The van der Waals surface area contributed by atoms with Gasteiger partial charge in [-0.15, -0.1) is 0 Å². The van der Waals surface area contributed by atoms with Crippen LogP contribution in [0.2, 0.25) is 5.28 Å². The van der Waals surface area contributed by atoms with Gasteiger partial charge >= 0.3 is 7.60 Å². The van der Waals surface area contributed by atoms with Crippen LogP contribution in [-0.2, 0) is 18.8 Å². The zero-order chi connectivity index (χ0) is 27.1. The lowest BCUT2D eigenvalue weighted by molar-refractivity contribution is -0.143. The fourth-order valence-electron chi connectivity index (χ4n) is 4.94. The summed E-state index contributed by atoms with van der Waals surface area (Å²) in [5.74, 6) is 0.506. The Balaban J connectivity index is 1.33. The number of aromatic nitrogens is 4. The number of rotatable bonds is 11. The maximum atomic E-state index is 12.3. The van der Waals surface area contributed by atoms with E-state index in [4.69, 9.17) is 25.8 Å². The van der Waals surface area contributed by atoms with Gasteiger partial charge in [0.05, 0.1) is 37.5 Å². The van der Waals surface area contributed by atoms with E-state index in [1.54, 1.807) is 0 Å². The van der Waals surface area contributed by atoms with E-state index in [0.29, 0.717) is 11.2 Å². The van der Waals surface area contributed by atoms with Crippen molar-refractivity contribution in [3.63, 3.8) is 0 Å². The first-order chi connectivity index (χ1) is 18.1. The number of halogens is 1. The summed E-state index contributed by atoms with van der Waals surface area (Å²) in [7, 11) is -5.01. The third-order valence-corrected chi connectivity index (χ3v) is 9.22. The number of hydrogen-bond acceptors (Lipinski definition) is 11. The van der Waals surface area contributed by atoms with E-state index in [2.05, 4.69) is 20.4 Å². The lowest BCUT2D eigenvalue weighted by atomic mass is 9.96. The van der Waals surface area contributed by atoms with Crippen molar-refractivity contribution >= 4 is 36.0 Å². The number of anilines is 1. The predicted molar refractivity (Wildman–Crippen MR) is 134 cm³/mol. The van der Waals surface area contributed by atoms with Gasteiger partial charge in [-0.3, -0.25) is 4.57 Å². The Morgan fingerprint density at radius 2 is 1.89 bits per heavy atom. The van der Waals surface area contributed by atoms with Crippen LogP contribution in [0.15, 0.2) is 6.20 Å². The summed E-state index contributed by atoms with van der Waals surface area (Å²) >= 11 is 6.18. The van der Waals surface area contributed by atoms with Crippen LogP contribution in [0.3, 0.4) is 0 Å². The van der Waals surface area contributed by atoms with Gasteiger partial charge in [0.25, 0.3) is 0 Å². The molecule has 16 heteroatoms. The van der Waals surface area contributed by atoms with E-state index >= 15 is 0 Å². The number of nitrogens with zero attached hydrogens (tertiary/aromatic N) is 4. The number of nitrogens with one attached hydrogen (secondary N) is 1. The lowest BCUT2D eigenvalue weighted by Gasteiger charge is -2.36. The van der Waals surface area contributed by atoms with Gasteiger partial charge in [-0.1, -0.05) is 12.8 Å². The van der Waals surface area contributed by atoms with Crippen molar-refractivity contribution in [2.24, 2.45) is 0 Å². The van der Waals surface area contributed by atoms with E-state index in [0.717, 1.165) is 44.9 Å². The zero-order valence-electron chi connectivity index (χ0n) is 20.6. The molecule has 3 aliphatic rings. The molecule has 14 nitrogen and oxygen atoms in total. The molecule has 38 heavy (non-hydrogen) atoms. The Morgan fingerprint density at radius 1 is 1.16 bits per heavy atom. The van der Waals surface area contributed by atoms with Crippen LogP contribution in [0.5, 0.6) is 0 Å². The van der Waals surface area contributed by atoms with Gasteiger partial charge in [0.1, 0.15) is 24.1 Å². The van der Waals surface area contributed by atoms with Gasteiger partial charge in [-0.05, 0) is 43.7 Å². The Hall–Kier alpha value is -1.45. The summed E-state index contributed by atoms with van der Waals surface area (Å²) in [6.45, 7) is -2.10. The highest BCUT2D eigenvalue weighted by Gasteiger charge is 2.52. The highest BCUT2D eigenvalue weighted by molar-refractivity contribution is 7.53. The number of hydrogen-bond donors (Lipinski definition) is 6. The molecule has 1 saturated heterocycles. The van der Waals surface area contributed by atoms with Crippen molar-refractivity contribution < 1.29 is 43.9 Å². The van der Waals surface area contributed by atoms with Crippen molar-refractivity contribution in [3.05, 3.63) is 11.5 Å². The van der Waals surface area contributed by atoms with Crippen LogP contribution in [0.4, 0.5) is 5.82 Å². The number of ether oxygens (including phenoxy) is 3. The smallest absolute Gasteiger partial charge is 0.361 e. The largest absolute Gasteiger partial charge is 0.393 e. The van der Waals surface area contributed by atoms with Crippen LogP contribution < -0.4 is 5.32 Å². The quantitative estimate of drug-likeness (QED) is 0.163. The Labute approximate surface area is 223 Å². The predicted octanol–water partition coefficient (Wildman–Crippen LogP) is 0.905. The summed E-state index contributed by atoms with van der Waals surface area (Å²) in [5.41, 5.74) is 0.275. The van der Waals surface area contributed by atoms with Gasteiger partial charge in [0, 0.05) is 6.04 Å². The number of aliphatic hydroxyl groups is 3. The average molecular weight is 578 g/mol. The van der Waals surface area contributed by atoms with Crippen molar-refractivity contribution in [1.82, 2.24) is 19.7 Å². The standard InChI is InChI=1S/C22H33ClN5O9P/c23-21-26-18(25-12-4-1-2-5-12)14-8-24-28(19(14)27-21)20-17(31)16(30)15(37-20)9-36-22(10-29,38(32,33)34)11-35-13-6-3-7-13/h8,12-13,15-17,20,29-31H,1-7,9-11H2,(H,25,26,27)(H2,32,33,34)/t15-,16-,17-,20-,22-/m1/s1. The molecular formula is C22H33ClN5O9P. The molecule has 0 spiro atoms. The molecule has 2 aromatic heterocycles. The van der Waals surface area contributed by atoms with Crippen LogP contribution >= 0.6 is 19.2 Å². The third-order valence-electron chi connectivity index (χ3n) is 7.59. The van der Waals surface area contributed by atoms with E-state index < -0.39 is 57.3 Å². The molecule has 2 aliphatic carbocycles. The van der Waals surface area contributed by atoms with E-state index in [9.17, 15) is 29.7 Å². The Morgan fingerprint density at radius 3 is 2.53 bits per heavy atom. The summed E-state index contributed by atoms with van der Waals surface area (Å²) in [6.07, 6.45) is 2.68. The van der Waals surface area contributed by atoms with Crippen molar-refractivity contribution in [3.8, 4) is 0 Å². The average Bonchev–Trinajstić information content (AvgIpc) is 3.55. The summed E-state index contributed by atoms with van der Waals surface area (Å²) < 4.78 is 30.4. The first kappa shape index (κ1) is 28.1. The molecule has 3 heterocycles. The number of fused-ring (bicyclic) bond motifs is 1. The molecule has 5 atom stereocenters. The van der Waals surface area contributed by atoms with E-state index in [-0.39, 0.29) is 23.1 Å². The molecule has 0 bridgehead atoms. The monoisotopic (exact) mass is 577 g/mol. The molecule has 0 unspecified atom stereocenters. The molecule has 5 rings (SSSR count). The molecule has 3 fully saturated rings. The second-order valence-electron chi connectivity index (χ2n) is 10.2. The minimum atomic E-state index is -5.01. The maximum Gasteiger partial charge on any atom is 0.361 e. The summed E-state index contributed by atoms with van der Waals surface area (Å²) in [5, 5.41) is 37.2. The van der Waals surface area contributed by atoms with E-state index in [1.165, 1.54) is 10.9 Å². The molecule has 0 aromatic carbocycles. The minimum absolute atomic E-state index is 0.0338. The first-order valence-electron chi connectivity index (χ1n) is 12.7. The molecule has 0 radical (unpaired) electrons. The Bertz CT molecular complexity index is 1170. The van der Waals surface area contributed by atoms with Crippen LogP contribution in [0.1, 0.15) is 51.2 Å². The fourth-order valence-corrected chi connectivity index (χ4v) is 5.78. The highest BCUT2D eigenvalue weighted by Crippen LogP contribution is 2.52. The van der Waals surface area contributed by atoms with Crippen LogP contribution in [0, 0.1) is 0 Å². The van der Waals surface area contributed by atoms with Gasteiger partial charge < -0.3 is 44.6 Å². The van der Waals surface area contributed by atoms with Crippen molar-refractivity contribution in [2.45, 2.75) is 87.0 Å². The zero-order valence-corrected chi connectivity index (χ0v) is 22.2. The fraction of sp³-hybridized carbons (Fsp3) is 0.773. The molecular weight excluding hydrogens is 545 g/mol. The minimum Gasteiger partial charge on any atom is -0.393 e. The van der Waals surface area contributed by atoms with E-state index in [1.807, 2.05) is 0 Å². The van der Waals surface area contributed by atoms with Gasteiger partial charge in [0.15, 0.2) is 11.9 Å². The molecule has 0 amide bonds. The molecule has 212 valence electrons.